The normalized spacial score (nSPS) is 25.3. The van der Waals surface area contributed by atoms with Gasteiger partial charge in [-0.1, -0.05) is 0 Å². The zero-order valence-electron chi connectivity index (χ0n) is 15.9. The highest BCUT2D eigenvalue weighted by molar-refractivity contribution is 5.98. The number of morpholine rings is 1. The van der Waals surface area contributed by atoms with E-state index in [2.05, 4.69) is 10.1 Å². The van der Waals surface area contributed by atoms with Gasteiger partial charge >= 0.3 is 0 Å². The Morgan fingerprint density at radius 2 is 2.15 bits per heavy atom. The average molecular weight is 358 g/mol. The molecule has 1 amide bonds. The number of pyridine rings is 1. The van der Waals surface area contributed by atoms with Crippen molar-refractivity contribution in [1.82, 2.24) is 19.7 Å². The number of nitrogens with zero attached hydrogens (tertiary/aromatic N) is 4. The molecule has 2 aliphatic heterocycles. The van der Waals surface area contributed by atoms with Crippen molar-refractivity contribution in [3.05, 3.63) is 23.5 Å². The van der Waals surface area contributed by atoms with Crippen LogP contribution in [0.5, 0.6) is 0 Å². The highest BCUT2D eigenvalue weighted by Crippen LogP contribution is 2.35. The van der Waals surface area contributed by atoms with Gasteiger partial charge in [0.1, 0.15) is 5.60 Å². The Kier molecular flexibility index (Phi) is 4.04. The maximum atomic E-state index is 13.3. The van der Waals surface area contributed by atoms with Crippen LogP contribution in [-0.2, 0) is 16.0 Å². The van der Waals surface area contributed by atoms with Crippen LogP contribution in [0.1, 0.15) is 43.2 Å². The molecule has 2 aromatic rings. The van der Waals surface area contributed by atoms with Gasteiger partial charge in [-0.2, -0.15) is 5.10 Å². The molecule has 1 spiro atoms. The summed E-state index contributed by atoms with van der Waals surface area (Å²) in [6.45, 7) is 11.1. The molecule has 4 heterocycles. The molecule has 4 rings (SSSR count). The third-order valence-corrected chi connectivity index (χ3v) is 5.23. The Balaban J connectivity index is 1.68. The minimum absolute atomic E-state index is 0.00352. The molecule has 2 saturated heterocycles. The summed E-state index contributed by atoms with van der Waals surface area (Å²) in [6, 6.07) is 1.92. The molecule has 1 atom stereocenters. The quantitative estimate of drug-likeness (QED) is 0.823. The first-order valence-electron chi connectivity index (χ1n) is 9.23. The number of aromatic nitrogens is 3. The molecular formula is C19H26N4O3. The van der Waals surface area contributed by atoms with Gasteiger partial charge in [-0.25, -0.2) is 9.67 Å². The predicted molar refractivity (Wildman–Crippen MR) is 97.2 cm³/mol. The van der Waals surface area contributed by atoms with E-state index in [0.717, 1.165) is 29.7 Å². The third kappa shape index (κ3) is 2.89. The minimum Gasteiger partial charge on any atom is -0.378 e. The van der Waals surface area contributed by atoms with Gasteiger partial charge in [0.15, 0.2) is 5.65 Å². The van der Waals surface area contributed by atoms with Crippen LogP contribution in [0.25, 0.3) is 11.0 Å². The minimum atomic E-state index is -0.403. The first-order chi connectivity index (χ1) is 12.3. The van der Waals surface area contributed by atoms with Crippen LogP contribution < -0.4 is 0 Å². The van der Waals surface area contributed by atoms with Crippen molar-refractivity contribution in [3.63, 3.8) is 0 Å². The Bertz CT molecular complexity index is 852. The molecule has 140 valence electrons. The van der Waals surface area contributed by atoms with Gasteiger partial charge in [-0.3, -0.25) is 4.79 Å². The zero-order chi connectivity index (χ0) is 18.5. The molecule has 0 saturated carbocycles. The fourth-order valence-electron chi connectivity index (χ4n) is 4.17. The monoisotopic (exact) mass is 358 g/mol. The second-order valence-electron chi connectivity index (χ2n) is 8.00. The number of carbonyl (C=O) groups is 1. The van der Waals surface area contributed by atoms with Crippen molar-refractivity contribution in [2.45, 2.75) is 51.9 Å². The van der Waals surface area contributed by atoms with Crippen molar-refractivity contribution >= 4 is 16.9 Å². The molecule has 0 bridgehead atoms. The standard InChI is InChI=1S/C19H26N4O3/c1-5-23-16-14(9-20-23)8-15(13(2)21-16)17(24)22-10-18(3,4)26-19(11-22)6-7-25-12-19/h8-9H,5-7,10-12H2,1-4H3. The van der Waals surface area contributed by atoms with Crippen molar-refractivity contribution in [2.24, 2.45) is 0 Å². The van der Waals surface area contributed by atoms with E-state index >= 15 is 0 Å². The van der Waals surface area contributed by atoms with E-state index in [1.54, 1.807) is 6.20 Å². The number of hydrogen-bond acceptors (Lipinski definition) is 5. The number of ether oxygens (including phenoxy) is 2. The second kappa shape index (κ2) is 6.03. The highest BCUT2D eigenvalue weighted by atomic mass is 16.6. The maximum Gasteiger partial charge on any atom is 0.255 e. The van der Waals surface area contributed by atoms with Crippen LogP contribution in [0.4, 0.5) is 0 Å². The second-order valence-corrected chi connectivity index (χ2v) is 8.00. The molecule has 0 aliphatic carbocycles. The lowest BCUT2D eigenvalue weighted by molar-refractivity contribution is -0.186. The van der Waals surface area contributed by atoms with E-state index in [1.165, 1.54) is 0 Å². The molecule has 0 aromatic carbocycles. The number of fused-ring (bicyclic) bond motifs is 1. The first kappa shape index (κ1) is 17.4. The first-order valence-corrected chi connectivity index (χ1v) is 9.23. The van der Waals surface area contributed by atoms with Crippen molar-refractivity contribution in [3.8, 4) is 0 Å². The number of aryl methyl sites for hydroxylation is 2. The highest BCUT2D eigenvalue weighted by Gasteiger charge is 2.48. The molecule has 0 N–H and O–H groups in total. The van der Waals surface area contributed by atoms with Gasteiger partial charge in [0.25, 0.3) is 5.91 Å². The summed E-state index contributed by atoms with van der Waals surface area (Å²) in [5.41, 5.74) is 1.40. The van der Waals surface area contributed by atoms with Gasteiger partial charge in [0.2, 0.25) is 0 Å². The molecule has 26 heavy (non-hydrogen) atoms. The maximum absolute atomic E-state index is 13.3. The van der Waals surface area contributed by atoms with Crippen LogP contribution in [-0.4, -0.2) is 63.1 Å². The summed E-state index contributed by atoms with van der Waals surface area (Å²) < 4.78 is 13.7. The number of amides is 1. The van der Waals surface area contributed by atoms with Crippen molar-refractivity contribution in [1.29, 1.82) is 0 Å². The lowest BCUT2D eigenvalue weighted by Crippen LogP contribution is -2.61. The number of carbonyl (C=O) groups excluding carboxylic acids is 1. The molecule has 2 aromatic heterocycles. The summed E-state index contributed by atoms with van der Waals surface area (Å²) in [4.78, 5) is 19.9. The molecule has 7 heteroatoms. The van der Waals surface area contributed by atoms with Crippen molar-refractivity contribution in [2.75, 3.05) is 26.3 Å². The van der Waals surface area contributed by atoms with Gasteiger partial charge < -0.3 is 14.4 Å². The lowest BCUT2D eigenvalue weighted by Gasteiger charge is -2.48. The van der Waals surface area contributed by atoms with Crippen LogP contribution in [0.3, 0.4) is 0 Å². The topological polar surface area (TPSA) is 69.5 Å². The smallest absolute Gasteiger partial charge is 0.255 e. The summed E-state index contributed by atoms with van der Waals surface area (Å²) in [7, 11) is 0. The van der Waals surface area contributed by atoms with E-state index in [-0.39, 0.29) is 5.91 Å². The van der Waals surface area contributed by atoms with E-state index in [0.29, 0.717) is 31.9 Å². The van der Waals surface area contributed by atoms with Crippen molar-refractivity contribution < 1.29 is 14.3 Å². The summed E-state index contributed by atoms with van der Waals surface area (Å²) in [5, 5.41) is 5.24. The van der Waals surface area contributed by atoms with Gasteiger partial charge in [0.05, 0.1) is 36.2 Å². The molecular weight excluding hydrogens is 332 g/mol. The molecule has 1 unspecified atom stereocenters. The number of rotatable bonds is 2. The largest absolute Gasteiger partial charge is 0.378 e. The zero-order valence-corrected chi connectivity index (χ0v) is 15.9. The van der Waals surface area contributed by atoms with Crippen LogP contribution in [0.15, 0.2) is 12.3 Å². The lowest BCUT2D eigenvalue weighted by atomic mass is 9.94. The van der Waals surface area contributed by atoms with Gasteiger partial charge in [0, 0.05) is 31.5 Å². The van der Waals surface area contributed by atoms with Crippen LogP contribution in [0, 0.1) is 6.92 Å². The summed E-state index contributed by atoms with van der Waals surface area (Å²) in [5.74, 6) is 0.00352. The Labute approximate surface area is 153 Å². The summed E-state index contributed by atoms with van der Waals surface area (Å²) >= 11 is 0. The molecule has 0 radical (unpaired) electrons. The van der Waals surface area contributed by atoms with E-state index in [4.69, 9.17) is 9.47 Å². The van der Waals surface area contributed by atoms with E-state index < -0.39 is 11.2 Å². The summed E-state index contributed by atoms with van der Waals surface area (Å²) in [6.07, 6.45) is 2.59. The van der Waals surface area contributed by atoms with Gasteiger partial charge in [-0.15, -0.1) is 0 Å². The van der Waals surface area contributed by atoms with Gasteiger partial charge in [-0.05, 0) is 33.8 Å². The molecule has 2 fully saturated rings. The Morgan fingerprint density at radius 3 is 2.85 bits per heavy atom. The average Bonchev–Trinajstić information content (AvgIpc) is 3.18. The third-order valence-electron chi connectivity index (χ3n) is 5.23. The molecule has 2 aliphatic rings. The van der Waals surface area contributed by atoms with Crippen LogP contribution >= 0.6 is 0 Å². The SMILES string of the molecule is CCn1ncc2cc(C(=O)N3CC(C)(C)OC4(CCOC4)C3)c(C)nc21. The van der Waals surface area contributed by atoms with E-state index in [9.17, 15) is 4.79 Å². The fourth-order valence-corrected chi connectivity index (χ4v) is 4.17. The molecule has 7 nitrogen and oxygen atoms in total. The van der Waals surface area contributed by atoms with E-state index in [1.807, 2.05) is 43.3 Å². The fraction of sp³-hybridized carbons (Fsp3) is 0.632. The Hall–Kier alpha value is -1.99. The Morgan fingerprint density at radius 1 is 1.35 bits per heavy atom. The number of hydrogen-bond donors (Lipinski definition) is 0. The predicted octanol–water partition coefficient (Wildman–Crippen LogP) is 2.17. The van der Waals surface area contributed by atoms with Crippen LogP contribution in [0.2, 0.25) is 0 Å².